The number of rotatable bonds is 5. The number of benzene rings is 5. The monoisotopic (exact) mass is 551 g/mol. The Bertz CT molecular complexity index is 1860. The summed E-state index contributed by atoms with van der Waals surface area (Å²) in [5.41, 5.74) is 9.93. The van der Waals surface area contributed by atoms with Gasteiger partial charge in [-0.3, -0.25) is 0 Å². The van der Waals surface area contributed by atoms with Crippen LogP contribution in [0, 0.1) is 13.8 Å². The van der Waals surface area contributed by atoms with Crippen LogP contribution in [-0.2, 0) is 23.2 Å². The van der Waals surface area contributed by atoms with Crippen LogP contribution in [0.5, 0.6) is 11.5 Å². The van der Waals surface area contributed by atoms with E-state index in [2.05, 4.69) is 75.1 Å². The van der Waals surface area contributed by atoms with Crippen molar-refractivity contribution in [3.05, 3.63) is 148 Å². The molecule has 2 aliphatic rings. The van der Waals surface area contributed by atoms with Crippen LogP contribution in [0.25, 0.3) is 0 Å². The molecule has 0 N–H and O–H groups in total. The molecule has 0 aromatic heterocycles. The lowest BCUT2D eigenvalue weighted by Crippen LogP contribution is -2.34. The van der Waals surface area contributed by atoms with E-state index in [1.54, 1.807) is 0 Å². The topological polar surface area (TPSA) is 38.8 Å². The molecule has 0 radical (unpaired) electrons. The number of aryl methyl sites for hydroxylation is 4. The normalized spacial score (nSPS) is 16.3. The van der Waals surface area contributed by atoms with Crippen molar-refractivity contribution in [3.8, 4) is 11.5 Å². The maximum Gasteiger partial charge on any atom is 0.340 e. The Balaban J connectivity index is 1.58. The molecular formula is C38H33NO3. The molecule has 0 bridgehead atoms. The minimum Gasteiger partial charge on any atom is -0.456 e. The van der Waals surface area contributed by atoms with Gasteiger partial charge >= 0.3 is 5.97 Å². The van der Waals surface area contributed by atoms with Gasteiger partial charge in [0, 0.05) is 22.5 Å². The first kappa shape index (κ1) is 26.1. The molecular weight excluding hydrogens is 518 g/mol. The summed E-state index contributed by atoms with van der Waals surface area (Å²) in [5.74, 6) is 1.03. The van der Waals surface area contributed by atoms with Crippen LogP contribution < -0.4 is 9.64 Å². The summed E-state index contributed by atoms with van der Waals surface area (Å²) >= 11 is 0. The van der Waals surface area contributed by atoms with E-state index in [-0.39, 0.29) is 5.97 Å². The Morgan fingerprint density at radius 2 is 1.38 bits per heavy atom. The van der Waals surface area contributed by atoms with E-state index in [0.29, 0.717) is 17.1 Å². The molecule has 4 nitrogen and oxygen atoms in total. The minimum absolute atomic E-state index is 0.331. The third-order valence-corrected chi connectivity index (χ3v) is 8.78. The van der Waals surface area contributed by atoms with Gasteiger partial charge in [-0.1, -0.05) is 74.5 Å². The molecule has 42 heavy (non-hydrogen) atoms. The zero-order valence-corrected chi connectivity index (χ0v) is 24.4. The van der Waals surface area contributed by atoms with Crippen LogP contribution in [0.3, 0.4) is 0 Å². The number of fused-ring (bicyclic) bond motifs is 6. The van der Waals surface area contributed by atoms with Gasteiger partial charge in [0.05, 0.1) is 16.8 Å². The first-order valence-corrected chi connectivity index (χ1v) is 14.7. The first-order valence-electron chi connectivity index (χ1n) is 14.7. The SMILES string of the molecule is CCc1ccc(N(c2cc(C)c(C)cc2CC)c2cccc3c2C2(OC(=O)c4ccccc42)c2ccccc2O3)cc1. The van der Waals surface area contributed by atoms with Crippen LogP contribution in [0.4, 0.5) is 17.1 Å². The third-order valence-electron chi connectivity index (χ3n) is 8.78. The summed E-state index contributed by atoms with van der Waals surface area (Å²) in [6, 6.07) is 35.1. The highest BCUT2D eigenvalue weighted by atomic mass is 16.6. The molecule has 208 valence electrons. The fourth-order valence-electron chi connectivity index (χ4n) is 6.49. The molecule has 0 saturated carbocycles. The van der Waals surface area contributed by atoms with Crippen LogP contribution in [-0.4, -0.2) is 5.97 Å². The van der Waals surface area contributed by atoms with Crippen LogP contribution >= 0.6 is 0 Å². The second-order valence-electron chi connectivity index (χ2n) is 11.1. The van der Waals surface area contributed by atoms with Crippen LogP contribution in [0.15, 0.2) is 103 Å². The summed E-state index contributed by atoms with van der Waals surface area (Å²) in [4.78, 5) is 15.9. The van der Waals surface area contributed by atoms with Crippen LogP contribution in [0.2, 0.25) is 0 Å². The number of ether oxygens (including phenoxy) is 2. The predicted molar refractivity (Wildman–Crippen MR) is 168 cm³/mol. The molecule has 4 heteroatoms. The fourth-order valence-corrected chi connectivity index (χ4v) is 6.49. The Labute approximate surface area is 247 Å². The number of carbonyl (C=O) groups excluding carboxylic acids is 1. The van der Waals surface area contributed by atoms with Crippen molar-refractivity contribution in [1.82, 2.24) is 0 Å². The van der Waals surface area contributed by atoms with Gasteiger partial charge in [-0.05, 0) is 91.4 Å². The maximum absolute atomic E-state index is 13.6. The van der Waals surface area contributed by atoms with Gasteiger partial charge < -0.3 is 14.4 Å². The second-order valence-corrected chi connectivity index (χ2v) is 11.1. The van der Waals surface area contributed by atoms with Crippen molar-refractivity contribution in [3.63, 3.8) is 0 Å². The number of nitrogens with zero attached hydrogens (tertiary/aromatic N) is 1. The molecule has 2 aliphatic heterocycles. The average Bonchev–Trinajstić information content (AvgIpc) is 3.31. The molecule has 1 atom stereocenters. The number of hydrogen-bond acceptors (Lipinski definition) is 4. The van der Waals surface area contributed by atoms with Crippen molar-refractivity contribution in [2.24, 2.45) is 0 Å². The van der Waals surface area contributed by atoms with Gasteiger partial charge in [0.15, 0.2) is 5.60 Å². The van der Waals surface area contributed by atoms with E-state index in [4.69, 9.17) is 9.47 Å². The number of esters is 1. The summed E-state index contributed by atoms with van der Waals surface area (Å²) in [6.07, 6.45) is 1.84. The standard InChI is InChI=1S/C38H33NO3/c1-5-26-18-20-28(21-19-26)39(33-23-25(4)24(3)22-27(33)6-2)32-15-11-17-35-36(32)38(31-14-9-10-16-34(31)41-35)30-13-8-7-12-29(30)37(40)42-38/h7-23H,5-6H2,1-4H3. The molecule has 1 unspecified atom stereocenters. The molecule has 0 saturated heterocycles. The summed E-state index contributed by atoms with van der Waals surface area (Å²) in [5, 5.41) is 0. The molecule has 1 spiro atoms. The largest absolute Gasteiger partial charge is 0.456 e. The van der Waals surface area contributed by atoms with Crippen LogP contribution in [0.1, 0.15) is 63.1 Å². The van der Waals surface area contributed by atoms with Crippen molar-refractivity contribution < 1.29 is 14.3 Å². The Morgan fingerprint density at radius 3 is 2.14 bits per heavy atom. The Hall–Kier alpha value is -4.83. The Kier molecular flexibility index (Phi) is 6.16. The van der Waals surface area contributed by atoms with E-state index in [1.165, 1.54) is 22.3 Å². The van der Waals surface area contributed by atoms with E-state index in [1.807, 2.05) is 60.7 Å². The predicted octanol–water partition coefficient (Wildman–Crippen LogP) is 9.47. The minimum atomic E-state index is -1.16. The number of anilines is 3. The number of carbonyl (C=O) groups is 1. The lowest BCUT2D eigenvalue weighted by atomic mass is 9.76. The highest BCUT2D eigenvalue weighted by Crippen LogP contribution is 2.59. The highest BCUT2D eigenvalue weighted by molar-refractivity contribution is 5.98. The van der Waals surface area contributed by atoms with E-state index >= 15 is 0 Å². The zero-order valence-electron chi connectivity index (χ0n) is 24.4. The lowest BCUT2D eigenvalue weighted by molar-refractivity contribution is 0.0226. The third kappa shape index (κ3) is 3.78. The first-order chi connectivity index (χ1) is 20.5. The summed E-state index contributed by atoms with van der Waals surface area (Å²) < 4.78 is 13.2. The van der Waals surface area contributed by atoms with Gasteiger partial charge in [0.1, 0.15) is 11.5 Å². The second kappa shape index (κ2) is 9.92. The van der Waals surface area contributed by atoms with Crippen molar-refractivity contribution in [2.45, 2.75) is 46.1 Å². The zero-order chi connectivity index (χ0) is 29.0. The highest BCUT2D eigenvalue weighted by Gasteiger charge is 2.55. The number of hydrogen-bond donors (Lipinski definition) is 0. The average molecular weight is 552 g/mol. The maximum atomic E-state index is 13.6. The van der Waals surface area contributed by atoms with E-state index in [9.17, 15) is 4.79 Å². The summed E-state index contributed by atoms with van der Waals surface area (Å²) in [7, 11) is 0. The van der Waals surface area contributed by atoms with E-state index in [0.717, 1.165) is 46.6 Å². The van der Waals surface area contributed by atoms with Crippen molar-refractivity contribution in [1.29, 1.82) is 0 Å². The molecule has 7 rings (SSSR count). The van der Waals surface area contributed by atoms with Gasteiger partial charge in [0.2, 0.25) is 0 Å². The fraction of sp³-hybridized carbons (Fsp3) is 0.184. The number of para-hydroxylation sites is 1. The van der Waals surface area contributed by atoms with Crippen molar-refractivity contribution >= 4 is 23.0 Å². The molecule has 2 heterocycles. The molecule has 0 amide bonds. The van der Waals surface area contributed by atoms with Gasteiger partial charge in [-0.15, -0.1) is 0 Å². The van der Waals surface area contributed by atoms with E-state index < -0.39 is 5.60 Å². The van der Waals surface area contributed by atoms with Gasteiger partial charge in [0.25, 0.3) is 0 Å². The molecule has 0 fully saturated rings. The quantitative estimate of drug-likeness (QED) is 0.204. The smallest absolute Gasteiger partial charge is 0.340 e. The lowest BCUT2D eigenvalue weighted by Gasteiger charge is -2.40. The Morgan fingerprint density at radius 1 is 0.690 bits per heavy atom. The summed E-state index contributed by atoms with van der Waals surface area (Å²) in [6.45, 7) is 8.69. The molecule has 0 aliphatic carbocycles. The molecule has 5 aromatic carbocycles. The van der Waals surface area contributed by atoms with Crippen molar-refractivity contribution in [2.75, 3.05) is 4.90 Å². The van der Waals surface area contributed by atoms with Gasteiger partial charge in [-0.25, -0.2) is 4.79 Å². The molecule has 5 aromatic rings. The van der Waals surface area contributed by atoms with Gasteiger partial charge in [-0.2, -0.15) is 0 Å².